The normalized spacial score (nSPS) is 11.5. The Morgan fingerprint density at radius 3 is 2.60 bits per heavy atom. The molecule has 5 rings (SSSR count). The minimum atomic E-state index is -4.85. The SMILES string of the molecule is N#Cc1ccc(-n2nc(C(F)(F)F)c3c(-n4cnc(-c5cccnc5)c4)cccc32)c([N+](=O)[O-])c1. The fraction of sp³-hybridized carbons (Fsp3) is 0.0435. The molecule has 172 valence electrons. The number of benzene rings is 2. The third-order valence-corrected chi connectivity index (χ3v) is 5.30. The monoisotopic (exact) mass is 475 g/mol. The van der Waals surface area contributed by atoms with E-state index >= 15 is 0 Å². The number of imidazole rings is 1. The second kappa shape index (κ2) is 8.07. The van der Waals surface area contributed by atoms with Crippen LogP contribution in [0.25, 0.3) is 33.5 Å². The summed E-state index contributed by atoms with van der Waals surface area (Å²) in [7, 11) is 0. The highest BCUT2D eigenvalue weighted by Gasteiger charge is 2.39. The third-order valence-electron chi connectivity index (χ3n) is 5.30. The number of aromatic nitrogens is 5. The summed E-state index contributed by atoms with van der Waals surface area (Å²) in [5, 5.41) is 24.2. The zero-order chi connectivity index (χ0) is 24.7. The van der Waals surface area contributed by atoms with Crippen LogP contribution in [0.3, 0.4) is 0 Å². The number of nitro benzene ring substituents is 1. The molecule has 5 aromatic rings. The minimum Gasteiger partial charge on any atom is -0.305 e. The average Bonchev–Trinajstić information content (AvgIpc) is 3.49. The Hall–Kier alpha value is -5.05. The number of nitrogens with zero attached hydrogens (tertiary/aromatic N) is 7. The van der Waals surface area contributed by atoms with Gasteiger partial charge in [-0.2, -0.15) is 23.5 Å². The molecule has 0 fully saturated rings. The molecule has 0 radical (unpaired) electrons. The molecule has 0 aliphatic heterocycles. The molecular weight excluding hydrogens is 463 g/mol. The lowest BCUT2D eigenvalue weighted by atomic mass is 10.1. The summed E-state index contributed by atoms with van der Waals surface area (Å²) in [4.78, 5) is 19.2. The number of pyridine rings is 1. The van der Waals surface area contributed by atoms with Crippen LogP contribution in [0.4, 0.5) is 18.9 Å². The molecule has 35 heavy (non-hydrogen) atoms. The van der Waals surface area contributed by atoms with Gasteiger partial charge in [-0.25, -0.2) is 9.67 Å². The van der Waals surface area contributed by atoms with Crippen molar-refractivity contribution in [3.63, 3.8) is 0 Å². The Bertz CT molecular complexity index is 1630. The largest absolute Gasteiger partial charge is 0.435 e. The lowest BCUT2D eigenvalue weighted by Gasteiger charge is -2.08. The second-order valence-corrected chi connectivity index (χ2v) is 7.41. The van der Waals surface area contributed by atoms with Crippen LogP contribution in [0.5, 0.6) is 0 Å². The van der Waals surface area contributed by atoms with Crippen molar-refractivity contribution in [2.75, 3.05) is 0 Å². The molecule has 2 aromatic carbocycles. The van der Waals surface area contributed by atoms with Crippen molar-refractivity contribution in [3.8, 4) is 28.7 Å². The van der Waals surface area contributed by atoms with Crippen LogP contribution in [-0.4, -0.2) is 29.2 Å². The topological polar surface area (TPSA) is 115 Å². The molecular formula is C23H12F3N7O2. The molecule has 3 heterocycles. The molecule has 3 aromatic heterocycles. The summed E-state index contributed by atoms with van der Waals surface area (Å²) in [6.07, 6.45) is 1.25. The zero-order valence-corrected chi connectivity index (χ0v) is 17.5. The number of hydrogen-bond acceptors (Lipinski definition) is 6. The van der Waals surface area contributed by atoms with E-state index in [1.807, 2.05) is 0 Å². The molecule has 0 spiro atoms. The van der Waals surface area contributed by atoms with E-state index in [2.05, 4.69) is 15.1 Å². The molecule has 0 bridgehead atoms. The Morgan fingerprint density at radius 2 is 1.91 bits per heavy atom. The highest BCUT2D eigenvalue weighted by molar-refractivity contribution is 5.92. The van der Waals surface area contributed by atoms with Gasteiger partial charge in [0, 0.05) is 30.2 Å². The van der Waals surface area contributed by atoms with E-state index < -0.39 is 22.5 Å². The number of hydrogen-bond donors (Lipinski definition) is 0. The summed E-state index contributed by atoms with van der Waals surface area (Å²) in [6.45, 7) is 0. The predicted molar refractivity (Wildman–Crippen MR) is 118 cm³/mol. The lowest BCUT2D eigenvalue weighted by molar-refractivity contribution is -0.384. The Kier molecular flexibility index (Phi) is 5.02. The van der Waals surface area contributed by atoms with Crippen molar-refractivity contribution >= 4 is 16.6 Å². The third kappa shape index (κ3) is 3.74. The van der Waals surface area contributed by atoms with Gasteiger partial charge in [-0.05, 0) is 36.4 Å². The lowest BCUT2D eigenvalue weighted by Crippen LogP contribution is -2.09. The van der Waals surface area contributed by atoms with E-state index in [4.69, 9.17) is 5.26 Å². The first-order valence-electron chi connectivity index (χ1n) is 10.0. The number of nitriles is 1. The Balaban J connectivity index is 1.77. The smallest absolute Gasteiger partial charge is 0.305 e. The summed E-state index contributed by atoms with van der Waals surface area (Å²) < 4.78 is 44.6. The van der Waals surface area contributed by atoms with E-state index in [0.717, 1.165) is 10.7 Å². The highest BCUT2D eigenvalue weighted by Crippen LogP contribution is 2.39. The van der Waals surface area contributed by atoms with E-state index in [-0.39, 0.29) is 27.8 Å². The standard InChI is InChI=1S/C23H12F3N7O2/c24-23(25,26)22-21-18(31-12-16(29-13-31)15-3-2-8-28-11-15)4-1-5-19(21)32(30-22)17-7-6-14(10-27)9-20(17)33(34)35/h1-9,11-13H. The van der Waals surface area contributed by atoms with Gasteiger partial charge < -0.3 is 4.57 Å². The van der Waals surface area contributed by atoms with Crippen LogP contribution in [0.2, 0.25) is 0 Å². The van der Waals surface area contributed by atoms with Crippen molar-refractivity contribution < 1.29 is 18.1 Å². The maximum absolute atomic E-state index is 14.1. The number of halogens is 3. The molecule has 12 heteroatoms. The second-order valence-electron chi connectivity index (χ2n) is 7.41. The van der Waals surface area contributed by atoms with Crippen LogP contribution < -0.4 is 0 Å². The first-order valence-corrected chi connectivity index (χ1v) is 10.0. The number of rotatable bonds is 4. The number of fused-ring (bicyclic) bond motifs is 1. The molecule has 0 unspecified atom stereocenters. The summed E-state index contributed by atoms with van der Waals surface area (Å²) in [5.74, 6) is 0. The summed E-state index contributed by atoms with van der Waals surface area (Å²) in [5.41, 5.74) is -0.646. The van der Waals surface area contributed by atoms with Gasteiger partial charge in [-0.15, -0.1) is 0 Å². The maximum Gasteiger partial charge on any atom is 0.435 e. The zero-order valence-electron chi connectivity index (χ0n) is 17.5. The fourth-order valence-corrected chi connectivity index (χ4v) is 3.78. The van der Waals surface area contributed by atoms with Crippen LogP contribution >= 0.6 is 0 Å². The van der Waals surface area contributed by atoms with Crippen LogP contribution in [0, 0.1) is 21.4 Å². The van der Waals surface area contributed by atoms with E-state index in [1.54, 1.807) is 36.8 Å². The van der Waals surface area contributed by atoms with Crippen molar-refractivity contribution in [3.05, 3.63) is 94.8 Å². The number of alkyl halides is 3. The van der Waals surface area contributed by atoms with Gasteiger partial charge in [-0.1, -0.05) is 6.07 Å². The van der Waals surface area contributed by atoms with Gasteiger partial charge in [0.2, 0.25) is 0 Å². The van der Waals surface area contributed by atoms with Gasteiger partial charge in [-0.3, -0.25) is 15.1 Å². The maximum atomic E-state index is 14.1. The first-order chi connectivity index (χ1) is 16.8. The first kappa shape index (κ1) is 21.8. The molecule has 9 nitrogen and oxygen atoms in total. The van der Waals surface area contributed by atoms with Gasteiger partial charge >= 0.3 is 6.18 Å². The van der Waals surface area contributed by atoms with Crippen molar-refractivity contribution in [2.45, 2.75) is 6.18 Å². The summed E-state index contributed by atoms with van der Waals surface area (Å²) >= 11 is 0. The molecule has 0 amide bonds. The summed E-state index contributed by atoms with van der Waals surface area (Å²) in [6, 6.07) is 13.1. The van der Waals surface area contributed by atoms with Gasteiger partial charge in [0.1, 0.15) is 5.69 Å². The highest BCUT2D eigenvalue weighted by atomic mass is 19.4. The predicted octanol–water partition coefficient (Wildman–Crippen LogP) is 5.07. The Morgan fingerprint density at radius 1 is 1.09 bits per heavy atom. The minimum absolute atomic E-state index is 0.000685. The fourth-order valence-electron chi connectivity index (χ4n) is 3.78. The molecule has 0 aliphatic rings. The average molecular weight is 475 g/mol. The van der Waals surface area contributed by atoms with E-state index in [9.17, 15) is 23.3 Å². The van der Waals surface area contributed by atoms with Gasteiger partial charge in [0.05, 0.1) is 45.2 Å². The van der Waals surface area contributed by atoms with Gasteiger partial charge in [0.15, 0.2) is 5.69 Å². The Labute approximate surface area is 194 Å². The van der Waals surface area contributed by atoms with Crippen LogP contribution in [0.1, 0.15) is 11.3 Å². The van der Waals surface area contributed by atoms with Crippen LogP contribution in [0.15, 0.2) is 73.4 Å². The number of nitro groups is 1. The van der Waals surface area contributed by atoms with Crippen molar-refractivity contribution in [1.82, 2.24) is 24.3 Å². The van der Waals surface area contributed by atoms with Gasteiger partial charge in [0.25, 0.3) is 5.69 Å². The molecule has 0 aliphatic carbocycles. The quantitative estimate of drug-likeness (QED) is 0.265. The van der Waals surface area contributed by atoms with E-state index in [0.29, 0.717) is 11.3 Å². The van der Waals surface area contributed by atoms with Crippen molar-refractivity contribution in [1.29, 1.82) is 5.26 Å². The molecule has 0 N–H and O–H groups in total. The molecule has 0 saturated heterocycles. The molecule has 0 atom stereocenters. The van der Waals surface area contributed by atoms with Crippen LogP contribution in [-0.2, 0) is 6.18 Å². The van der Waals surface area contributed by atoms with Crippen molar-refractivity contribution in [2.24, 2.45) is 0 Å². The van der Waals surface area contributed by atoms with E-state index in [1.165, 1.54) is 41.2 Å². The molecule has 0 saturated carbocycles.